The zero-order chi connectivity index (χ0) is 17.6. The Bertz CT molecular complexity index is 848. The minimum absolute atomic E-state index is 0.167. The van der Waals surface area contributed by atoms with Gasteiger partial charge in [-0.25, -0.2) is 4.68 Å². The monoisotopic (exact) mass is 375 g/mol. The lowest BCUT2D eigenvalue weighted by Crippen LogP contribution is -2.17. The summed E-state index contributed by atoms with van der Waals surface area (Å²) in [5.74, 6) is 7.25. The molecule has 25 heavy (non-hydrogen) atoms. The predicted octanol–water partition coefficient (Wildman–Crippen LogP) is 2.85. The second-order valence-corrected chi connectivity index (χ2v) is 6.81. The Balaban J connectivity index is 1.62. The van der Waals surface area contributed by atoms with Gasteiger partial charge in [0.15, 0.2) is 5.82 Å². The maximum absolute atomic E-state index is 12.2. The van der Waals surface area contributed by atoms with E-state index < -0.39 is 0 Å². The summed E-state index contributed by atoms with van der Waals surface area (Å²) in [5, 5.41) is 13.4. The first-order valence-corrected chi connectivity index (χ1v) is 9.44. The van der Waals surface area contributed by atoms with Crippen molar-refractivity contribution in [2.45, 2.75) is 12.1 Å². The number of hydrogen-bond donors (Lipinski definition) is 2. The van der Waals surface area contributed by atoms with Gasteiger partial charge >= 0.3 is 0 Å². The van der Waals surface area contributed by atoms with Crippen molar-refractivity contribution in [3.8, 4) is 16.5 Å². The zero-order valence-electron chi connectivity index (χ0n) is 13.5. The fourth-order valence-corrected chi connectivity index (χ4v) is 3.48. The van der Waals surface area contributed by atoms with Crippen LogP contribution in [-0.4, -0.2) is 33.1 Å². The first-order valence-electron chi connectivity index (χ1n) is 7.58. The summed E-state index contributed by atoms with van der Waals surface area (Å²) in [5.41, 5.74) is 0.642. The smallest absolute Gasteiger partial charge is 0.234 e. The van der Waals surface area contributed by atoms with Crippen molar-refractivity contribution in [2.24, 2.45) is 0 Å². The highest BCUT2D eigenvalue weighted by molar-refractivity contribution is 7.99. The number of carbonyl (C=O) groups excluding carboxylic acids is 1. The molecule has 2 aromatic heterocycles. The van der Waals surface area contributed by atoms with Gasteiger partial charge < -0.3 is 15.9 Å². The van der Waals surface area contributed by atoms with Gasteiger partial charge in [0, 0.05) is 0 Å². The zero-order valence-corrected chi connectivity index (χ0v) is 15.1. The summed E-state index contributed by atoms with van der Waals surface area (Å²) in [6.45, 7) is 2.43. The van der Waals surface area contributed by atoms with Crippen molar-refractivity contribution in [3.63, 3.8) is 0 Å². The van der Waals surface area contributed by atoms with E-state index >= 15 is 0 Å². The molecule has 0 atom stereocenters. The van der Waals surface area contributed by atoms with E-state index in [1.165, 1.54) is 27.8 Å². The van der Waals surface area contributed by atoms with Crippen molar-refractivity contribution in [1.29, 1.82) is 0 Å². The van der Waals surface area contributed by atoms with Gasteiger partial charge in [0.1, 0.15) is 5.75 Å². The third kappa shape index (κ3) is 4.12. The maximum atomic E-state index is 12.2. The average Bonchev–Trinajstić information content (AvgIpc) is 3.25. The highest BCUT2D eigenvalue weighted by Crippen LogP contribution is 2.26. The number of nitrogens with two attached hydrogens (primary N) is 1. The van der Waals surface area contributed by atoms with E-state index in [-0.39, 0.29) is 11.7 Å². The predicted molar refractivity (Wildman–Crippen MR) is 100 cm³/mol. The largest absolute Gasteiger partial charge is 0.492 e. The van der Waals surface area contributed by atoms with Crippen LogP contribution in [0.25, 0.3) is 10.7 Å². The molecule has 0 saturated carbocycles. The fourth-order valence-electron chi connectivity index (χ4n) is 2.12. The minimum Gasteiger partial charge on any atom is -0.492 e. The number of hydrogen-bond acceptors (Lipinski definition) is 7. The normalized spacial score (nSPS) is 10.6. The number of para-hydroxylation sites is 2. The van der Waals surface area contributed by atoms with Crippen LogP contribution in [-0.2, 0) is 4.79 Å². The van der Waals surface area contributed by atoms with Crippen LogP contribution >= 0.6 is 23.1 Å². The van der Waals surface area contributed by atoms with Crippen LogP contribution in [0.2, 0.25) is 0 Å². The number of aromatic nitrogens is 3. The number of nitrogens with one attached hydrogen (secondary N) is 1. The molecular formula is C16H17N5O2S2. The molecule has 0 unspecified atom stereocenters. The average molecular weight is 375 g/mol. The first-order chi connectivity index (χ1) is 12.2. The fraction of sp³-hybridized carbons (Fsp3) is 0.188. The number of carbonyl (C=O) groups is 1. The van der Waals surface area contributed by atoms with E-state index in [4.69, 9.17) is 10.6 Å². The summed E-state index contributed by atoms with van der Waals surface area (Å²) in [4.78, 5) is 13.1. The molecular weight excluding hydrogens is 358 g/mol. The van der Waals surface area contributed by atoms with Gasteiger partial charge in [0.05, 0.1) is 22.9 Å². The summed E-state index contributed by atoms with van der Waals surface area (Å²) in [6.07, 6.45) is 0. The van der Waals surface area contributed by atoms with E-state index in [1.807, 2.05) is 42.6 Å². The quantitative estimate of drug-likeness (QED) is 0.487. The highest BCUT2D eigenvalue weighted by Gasteiger charge is 2.15. The molecule has 1 amide bonds. The Kier molecular flexibility index (Phi) is 5.56. The van der Waals surface area contributed by atoms with Gasteiger partial charge in [-0.3, -0.25) is 4.79 Å². The van der Waals surface area contributed by atoms with Crippen LogP contribution in [0.3, 0.4) is 0 Å². The second-order valence-electron chi connectivity index (χ2n) is 4.92. The van der Waals surface area contributed by atoms with E-state index in [0.29, 0.717) is 29.0 Å². The Morgan fingerprint density at radius 2 is 2.16 bits per heavy atom. The van der Waals surface area contributed by atoms with Crippen LogP contribution in [0.1, 0.15) is 6.92 Å². The van der Waals surface area contributed by atoms with Crippen molar-refractivity contribution >= 4 is 34.7 Å². The van der Waals surface area contributed by atoms with Crippen molar-refractivity contribution in [1.82, 2.24) is 14.9 Å². The van der Waals surface area contributed by atoms with Crippen LogP contribution in [0.5, 0.6) is 5.75 Å². The molecule has 130 valence electrons. The van der Waals surface area contributed by atoms with Gasteiger partial charge in [0.2, 0.25) is 11.1 Å². The number of rotatable bonds is 7. The van der Waals surface area contributed by atoms with E-state index in [1.54, 1.807) is 6.07 Å². The molecule has 0 bridgehead atoms. The number of thioether (sulfide) groups is 1. The van der Waals surface area contributed by atoms with Crippen LogP contribution in [0.4, 0.5) is 5.69 Å². The third-order valence-corrected chi connectivity index (χ3v) is 5.01. The van der Waals surface area contributed by atoms with Crippen LogP contribution < -0.4 is 15.9 Å². The van der Waals surface area contributed by atoms with E-state index in [2.05, 4.69) is 15.5 Å². The number of anilines is 1. The molecule has 3 aromatic rings. The van der Waals surface area contributed by atoms with Crippen LogP contribution in [0, 0.1) is 0 Å². The lowest BCUT2D eigenvalue weighted by atomic mass is 10.3. The summed E-state index contributed by atoms with van der Waals surface area (Å²) >= 11 is 2.76. The molecule has 0 aliphatic carbocycles. The summed E-state index contributed by atoms with van der Waals surface area (Å²) in [6, 6.07) is 11.2. The molecule has 0 saturated heterocycles. The van der Waals surface area contributed by atoms with E-state index in [9.17, 15) is 4.79 Å². The molecule has 0 radical (unpaired) electrons. The van der Waals surface area contributed by atoms with Crippen LogP contribution in [0.15, 0.2) is 46.9 Å². The molecule has 0 fully saturated rings. The molecule has 7 nitrogen and oxygen atoms in total. The first kappa shape index (κ1) is 17.3. The topological polar surface area (TPSA) is 95.1 Å². The molecule has 0 aliphatic heterocycles. The summed E-state index contributed by atoms with van der Waals surface area (Å²) < 4.78 is 6.90. The van der Waals surface area contributed by atoms with Gasteiger partial charge in [-0.2, -0.15) is 0 Å². The molecule has 0 spiro atoms. The molecule has 9 heteroatoms. The molecule has 1 aromatic carbocycles. The lowest BCUT2D eigenvalue weighted by Gasteiger charge is -2.10. The standard InChI is InChI=1S/C16H17N5O2S2/c1-2-23-12-7-4-3-6-11(12)18-14(22)10-25-16-20-19-15(21(16)17)13-8-5-9-24-13/h3-9H,2,10,17H2,1H3,(H,18,22). The van der Waals surface area contributed by atoms with Gasteiger partial charge in [0.25, 0.3) is 0 Å². The molecule has 2 heterocycles. The SMILES string of the molecule is CCOc1ccccc1NC(=O)CSc1nnc(-c2cccs2)n1N. The maximum Gasteiger partial charge on any atom is 0.234 e. The minimum atomic E-state index is -0.169. The van der Waals surface area contributed by atoms with Crippen molar-refractivity contribution in [2.75, 3.05) is 23.5 Å². The second kappa shape index (κ2) is 8.04. The lowest BCUT2D eigenvalue weighted by molar-refractivity contribution is -0.113. The third-order valence-electron chi connectivity index (χ3n) is 3.20. The Labute approximate surface area is 153 Å². The molecule has 3 rings (SSSR count). The molecule has 0 aliphatic rings. The van der Waals surface area contributed by atoms with Gasteiger partial charge in [-0.1, -0.05) is 30.0 Å². The van der Waals surface area contributed by atoms with Crippen molar-refractivity contribution in [3.05, 3.63) is 41.8 Å². The van der Waals surface area contributed by atoms with Gasteiger partial charge in [-0.15, -0.1) is 21.5 Å². The number of amides is 1. The number of benzene rings is 1. The Hall–Kier alpha value is -2.52. The number of ether oxygens (including phenoxy) is 1. The molecule has 3 N–H and O–H groups in total. The highest BCUT2D eigenvalue weighted by atomic mass is 32.2. The number of nitrogens with zero attached hydrogens (tertiary/aromatic N) is 3. The summed E-state index contributed by atoms with van der Waals surface area (Å²) in [7, 11) is 0. The Morgan fingerprint density at radius 3 is 2.92 bits per heavy atom. The Morgan fingerprint density at radius 1 is 1.32 bits per heavy atom. The van der Waals surface area contributed by atoms with Gasteiger partial charge in [-0.05, 0) is 30.5 Å². The number of thiophene rings is 1. The van der Waals surface area contributed by atoms with E-state index in [0.717, 1.165) is 4.88 Å². The number of nitrogen functional groups attached to an aromatic ring is 1. The van der Waals surface area contributed by atoms with Crippen molar-refractivity contribution < 1.29 is 9.53 Å².